The van der Waals surface area contributed by atoms with Crippen LogP contribution in [0.2, 0.25) is 0 Å². The molecule has 0 aliphatic carbocycles. The molecule has 1 aromatic rings. The fraction of sp³-hybridized carbons (Fsp3) is 0.385. The predicted octanol–water partition coefficient (Wildman–Crippen LogP) is 3.20. The Labute approximate surface area is 130 Å². The van der Waals surface area contributed by atoms with Crippen LogP contribution in [0.3, 0.4) is 0 Å². The average molecular weight is 394 g/mol. The first kappa shape index (κ1) is 16.7. The van der Waals surface area contributed by atoms with Gasteiger partial charge in [-0.25, -0.2) is 14.0 Å². The van der Waals surface area contributed by atoms with Gasteiger partial charge < -0.3 is 15.7 Å². The fourth-order valence-electron chi connectivity index (χ4n) is 1.74. The molecule has 1 aromatic carbocycles. The van der Waals surface area contributed by atoms with E-state index in [1.165, 1.54) is 18.2 Å². The molecule has 3 N–H and O–H groups in total. The number of urea groups is 1. The van der Waals surface area contributed by atoms with Gasteiger partial charge in [0.15, 0.2) is 0 Å². The fourth-order valence-corrected chi connectivity index (χ4v) is 2.36. The molecular weight excluding hydrogens is 378 g/mol. The van der Waals surface area contributed by atoms with E-state index in [-0.39, 0.29) is 12.8 Å². The lowest BCUT2D eigenvalue weighted by atomic mass is 9.93. The normalized spacial score (nSPS) is 11.0. The molecule has 1 rings (SSSR count). The molecule has 2 amide bonds. The number of hydrogen-bond donors (Lipinski definition) is 3. The number of aliphatic carboxylic acids is 1. The zero-order valence-corrected chi connectivity index (χ0v) is 13.3. The molecular formula is C13H16FIN2O3. The number of rotatable bonds is 5. The van der Waals surface area contributed by atoms with Crippen molar-refractivity contribution in [3.05, 3.63) is 27.6 Å². The summed E-state index contributed by atoms with van der Waals surface area (Å²) in [5, 5.41) is 14.2. The summed E-state index contributed by atoms with van der Waals surface area (Å²) < 4.78 is 13.5. The van der Waals surface area contributed by atoms with E-state index in [0.29, 0.717) is 9.26 Å². The van der Waals surface area contributed by atoms with E-state index >= 15 is 0 Å². The highest BCUT2D eigenvalue weighted by molar-refractivity contribution is 14.1. The smallest absolute Gasteiger partial charge is 0.329 e. The van der Waals surface area contributed by atoms with Crippen LogP contribution >= 0.6 is 22.6 Å². The second kappa shape index (κ2) is 6.87. The quantitative estimate of drug-likeness (QED) is 0.672. The number of hydrogen-bond acceptors (Lipinski definition) is 2. The second-order valence-electron chi connectivity index (χ2n) is 4.30. The number of amides is 2. The van der Waals surface area contributed by atoms with Crippen molar-refractivity contribution in [1.82, 2.24) is 5.32 Å². The number of benzene rings is 1. The van der Waals surface area contributed by atoms with E-state index in [9.17, 15) is 19.1 Å². The number of anilines is 1. The minimum Gasteiger partial charge on any atom is -0.480 e. The average Bonchev–Trinajstić information content (AvgIpc) is 2.39. The Bertz CT molecular complexity index is 518. The van der Waals surface area contributed by atoms with Crippen LogP contribution < -0.4 is 10.6 Å². The van der Waals surface area contributed by atoms with E-state index in [0.717, 1.165) is 0 Å². The van der Waals surface area contributed by atoms with Gasteiger partial charge in [-0.15, -0.1) is 0 Å². The monoisotopic (exact) mass is 394 g/mol. The summed E-state index contributed by atoms with van der Waals surface area (Å²) in [5.74, 6) is -1.48. The van der Waals surface area contributed by atoms with Crippen LogP contribution in [0.1, 0.15) is 26.7 Å². The standard InChI is InChI=1S/C13H16FIN2O3/c1-3-13(4-2,11(18)19)17-12(20)16-10-6-5-8(14)7-9(10)15/h5-7H,3-4H2,1-2H3,(H,18,19)(H2,16,17,20). The molecule has 0 saturated heterocycles. The number of carbonyl (C=O) groups is 2. The summed E-state index contributed by atoms with van der Waals surface area (Å²) in [6.07, 6.45) is 0.541. The summed E-state index contributed by atoms with van der Waals surface area (Å²) in [7, 11) is 0. The van der Waals surface area contributed by atoms with Crippen LogP contribution in [0.15, 0.2) is 18.2 Å². The van der Waals surface area contributed by atoms with Crippen molar-refractivity contribution in [3.8, 4) is 0 Å². The van der Waals surface area contributed by atoms with Crippen LogP contribution in [0.4, 0.5) is 14.9 Å². The number of nitrogens with one attached hydrogen (secondary N) is 2. The highest BCUT2D eigenvalue weighted by Crippen LogP contribution is 2.20. The van der Waals surface area contributed by atoms with Crippen LogP contribution in [0.25, 0.3) is 0 Å². The minimum atomic E-state index is -1.30. The Balaban J connectivity index is 2.83. The SMILES string of the molecule is CCC(CC)(NC(=O)Nc1ccc(F)cc1I)C(=O)O. The highest BCUT2D eigenvalue weighted by atomic mass is 127. The molecule has 0 bridgehead atoms. The summed E-state index contributed by atoms with van der Waals surface area (Å²) in [6, 6.07) is 3.31. The first-order chi connectivity index (χ1) is 9.34. The topological polar surface area (TPSA) is 78.4 Å². The third-order valence-corrected chi connectivity index (χ3v) is 4.04. The van der Waals surface area contributed by atoms with E-state index in [1.807, 2.05) is 22.6 Å². The molecule has 0 spiro atoms. The molecule has 0 aliphatic rings. The lowest BCUT2D eigenvalue weighted by molar-refractivity contribution is -0.144. The first-order valence-corrected chi connectivity index (χ1v) is 7.20. The Kier molecular flexibility index (Phi) is 5.73. The minimum absolute atomic E-state index is 0.271. The number of carbonyl (C=O) groups excluding carboxylic acids is 1. The van der Waals surface area contributed by atoms with Gasteiger partial charge in [0.2, 0.25) is 0 Å². The third-order valence-electron chi connectivity index (χ3n) is 3.15. The summed E-state index contributed by atoms with van der Waals surface area (Å²) in [6.45, 7) is 3.39. The molecule has 0 aromatic heterocycles. The van der Waals surface area contributed by atoms with Gasteiger partial charge in [-0.3, -0.25) is 0 Å². The maximum Gasteiger partial charge on any atom is 0.329 e. The zero-order valence-electron chi connectivity index (χ0n) is 11.2. The maximum absolute atomic E-state index is 13.0. The van der Waals surface area contributed by atoms with Gasteiger partial charge in [-0.1, -0.05) is 13.8 Å². The Morgan fingerprint density at radius 2 is 1.95 bits per heavy atom. The van der Waals surface area contributed by atoms with Crippen molar-refractivity contribution in [2.75, 3.05) is 5.32 Å². The van der Waals surface area contributed by atoms with Crippen LogP contribution in [-0.2, 0) is 4.79 Å². The van der Waals surface area contributed by atoms with Crippen molar-refractivity contribution in [3.63, 3.8) is 0 Å². The Morgan fingerprint density at radius 3 is 2.40 bits per heavy atom. The second-order valence-corrected chi connectivity index (χ2v) is 5.46. The van der Waals surface area contributed by atoms with Gasteiger partial charge in [0.05, 0.1) is 5.69 Å². The molecule has 0 aliphatic heterocycles. The number of carboxylic acid groups (broad SMARTS) is 1. The van der Waals surface area contributed by atoms with Crippen LogP contribution in [0, 0.1) is 9.39 Å². The first-order valence-electron chi connectivity index (χ1n) is 6.12. The summed E-state index contributed by atoms with van der Waals surface area (Å²) in [4.78, 5) is 23.2. The van der Waals surface area contributed by atoms with Crippen molar-refractivity contribution in [1.29, 1.82) is 0 Å². The van der Waals surface area contributed by atoms with Crippen LogP contribution in [0.5, 0.6) is 0 Å². The molecule has 0 atom stereocenters. The summed E-state index contributed by atoms with van der Waals surface area (Å²) in [5.41, 5.74) is -0.869. The number of carboxylic acids is 1. The molecule has 110 valence electrons. The Morgan fingerprint density at radius 1 is 1.35 bits per heavy atom. The van der Waals surface area contributed by atoms with Gasteiger partial charge in [0.1, 0.15) is 11.4 Å². The van der Waals surface area contributed by atoms with Crippen molar-refractivity contribution in [2.24, 2.45) is 0 Å². The third kappa shape index (κ3) is 3.81. The molecule has 0 unspecified atom stereocenters. The lowest BCUT2D eigenvalue weighted by Crippen LogP contribution is -2.55. The zero-order chi connectivity index (χ0) is 15.3. The number of halogens is 2. The van der Waals surface area contributed by atoms with Crippen molar-refractivity contribution >= 4 is 40.3 Å². The van der Waals surface area contributed by atoms with Crippen molar-refractivity contribution in [2.45, 2.75) is 32.2 Å². The molecule has 20 heavy (non-hydrogen) atoms. The maximum atomic E-state index is 13.0. The van der Waals surface area contributed by atoms with E-state index in [1.54, 1.807) is 13.8 Å². The van der Waals surface area contributed by atoms with E-state index < -0.39 is 23.4 Å². The van der Waals surface area contributed by atoms with Gasteiger partial charge in [0, 0.05) is 3.57 Å². The molecule has 5 nitrogen and oxygen atoms in total. The Hall–Kier alpha value is -1.38. The molecule has 0 fully saturated rings. The predicted molar refractivity (Wildman–Crippen MR) is 82.2 cm³/mol. The van der Waals surface area contributed by atoms with Crippen molar-refractivity contribution < 1.29 is 19.1 Å². The molecule has 0 heterocycles. The molecule has 0 saturated carbocycles. The van der Waals surface area contributed by atoms with Gasteiger partial charge >= 0.3 is 12.0 Å². The lowest BCUT2D eigenvalue weighted by Gasteiger charge is -2.28. The van der Waals surface area contributed by atoms with E-state index in [2.05, 4.69) is 10.6 Å². The molecule has 0 radical (unpaired) electrons. The van der Waals surface area contributed by atoms with Gasteiger partial charge in [-0.05, 0) is 53.6 Å². The van der Waals surface area contributed by atoms with E-state index in [4.69, 9.17) is 0 Å². The highest BCUT2D eigenvalue weighted by Gasteiger charge is 2.36. The summed E-state index contributed by atoms with van der Waals surface area (Å²) >= 11 is 1.89. The largest absolute Gasteiger partial charge is 0.480 e. The van der Waals surface area contributed by atoms with Gasteiger partial charge in [-0.2, -0.15) is 0 Å². The van der Waals surface area contributed by atoms with Crippen LogP contribution in [-0.4, -0.2) is 22.6 Å². The molecule has 7 heteroatoms. The van der Waals surface area contributed by atoms with Gasteiger partial charge in [0.25, 0.3) is 0 Å².